The predicted molar refractivity (Wildman–Crippen MR) is 65.5 cm³/mol. The van der Waals surface area contributed by atoms with Crippen molar-refractivity contribution in [2.75, 3.05) is 0 Å². The Labute approximate surface area is 113 Å². The number of alkyl halides is 1. The summed E-state index contributed by atoms with van der Waals surface area (Å²) in [5.41, 5.74) is 0. The fourth-order valence-electron chi connectivity index (χ4n) is 1.66. The molecular formula is C10H15IO6. The Morgan fingerprint density at radius 3 is 2.12 bits per heavy atom. The largest absolute Gasteiger partial charge is 0.457 e. The number of hydrogen-bond donors (Lipinski definition) is 1. The molecule has 98 valence electrons. The van der Waals surface area contributed by atoms with E-state index >= 15 is 0 Å². The molecule has 1 aliphatic heterocycles. The zero-order valence-electron chi connectivity index (χ0n) is 9.75. The zero-order chi connectivity index (χ0) is 13.2. The highest BCUT2D eigenvalue weighted by Gasteiger charge is 2.46. The summed E-state index contributed by atoms with van der Waals surface area (Å²) in [5.74, 6) is -0.974. The Bertz CT molecular complexity index is 307. The van der Waals surface area contributed by atoms with Crippen molar-refractivity contribution in [3.63, 3.8) is 0 Å². The average molecular weight is 358 g/mol. The Morgan fingerprint density at radius 1 is 1.18 bits per heavy atom. The lowest BCUT2D eigenvalue weighted by molar-refractivity contribution is -0.234. The first-order valence-electron chi connectivity index (χ1n) is 5.15. The van der Waals surface area contributed by atoms with Crippen LogP contribution in [0.5, 0.6) is 0 Å². The number of carbonyl (C=O) groups is 2. The molecule has 0 aromatic heterocycles. The van der Waals surface area contributed by atoms with E-state index in [0.717, 1.165) is 0 Å². The number of ether oxygens (including phenoxy) is 3. The van der Waals surface area contributed by atoms with E-state index in [2.05, 4.69) is 0 Å². The van der Waals surface area contributed by atoms with Crippen LogP contribution in [0.25, 0.3) is 0 Å². The van der Waals surface area contributed by atoms with Crippen molar-refractivity contribution in [3.05, 3.63) is 0 Å². The molecule has 0 spiro atoms. The molecule has 17 heavy (non-hydrogen) atoms. The Kier molecular flexibility index (Phi) is 5.14. The van der Waals surface area contributed by atoms with Crippen LogP contribution >= 0.6 is 22.6 Å². The van der Waals surface area contributed by atoms with Crippen molar-refractivity contribution in [2.45, 2.75) is 49.3 Å². The quantitative estimate of drug-likeness (QED) is 0.437. The lowest BCUT2D eigenvalue weighted by atomic mass is 10.0. The van der Waals surface area contributed by atoms with Gasteiger partial charge < -0.3 is 19.3 Å². The van der Waals surface area contributed by atoms with Gasteiger partial charge in [0.1, 0.15) is 3.92 Å². The Hall–Kier alpha value is -0.410. The third-order valence-electron chi connectivity index (χ3n) is 2.33. The summed E-state index contributed by atoms with van der Waals surface area (Å²) in [6.45, 7) is 4.18. The van der Waals surface area contributed by atoms with Gasteiger partial charge >= 0.3 is 11.9 Å². The van der Waals surface area contributed by atoms with Gasteiger partial charge in [-0.25, -0.2) is 0 Å². The summed E-state index contributed by atoms with van der Waals surface area (Å²) in [6.07, 6.45) is -3.01. The van der Waals surface area contributed by atoms with Crippen molar-refractivity contribution in [1.29, 1.82) is 0 Å². The van der Waals surface area contributed by atoms with E-state index in [9.17, 15) is 14.7 Å². The molecule has 0 bridgehead atoms. The van der Waals surface area contributed by atoms with E-state index in [4.69, 9.17) is 14.2 Å². The van der Waals surface area contributed by atoms with E-state index in [0.29, 0.717) is 0 Å². The standard InChI is InChI=1S/C10H15IO6/c1-4-8(16-5(2)12)9(17-6(3)13)7(11)10(14)15-4/h4,7-10,14H,1-3H3/t4-,7-,8+,9+,10?/m0/s1. The second-order valence-electron chi connectivity index (χ2n) is 3.82. The van der Waals surface area contributed by atoms with Crippen molar-refractivity contribution < 1.29 is 28.9 Å². The summed E-state index contributed by atoms with van der Waals surface area (Å²) in [4.78, 5) is 22.0. The van der Waals surface area contributed by atoms with Crippen LogP contribution in [0.3, 0.4) is 0 Å². The first kappa shape index (κ1) is 14.7. The molecule has 0 saturated carbocycles. The van der Waals surface area contributed by atoms with E-state index in [1.807, 2.05) is 22.6 Å². The van der Waals surface area contributed by atoms with Gasteiger partial charge in [0.05, 0.1) is 6.10 Å². The van der Waals surface area contributed by atoms with Crippen LogP contribution in [-0.2, 0) is 23.8 Å². The van der Waals surface area contributed by atoms with Gasteiger partial charge in [-0.15, -0.1) is 0 Å². The Balaban J connectivity index is 2.86. The normalized spacial score (nSPS) is 37.4. The van der Waals surface area contributed by atoms with Gasteiger partial charge in [0.25, 0.3) is 0 Å². The molecule has 0 aliphatic carbocycles. The highest BCUT2D eigenvalue weighted by atomic mass is 127. The van der Waals surface area contributed by atoms with Gasteiger partial charge in [0, 0.05) is 13.8 Å². The van der Waals surface area contributed by atoms with Crippen LogP contribution in [0.15, 0.2) is 0 Å². The first-order valence-corrected chi connectivity index (χ1v) is 6.39. The number of esters is 2. The maximum atomic E-state index is 11.0. The molecule has 5 atom stereocenters. The van der Waals surface area contributed by atoms with Gasteiger partial charge in [0.2, 0.25) is 0 Å². The molecule has 0 aromatic rings. The SMILES string of the molecule is CC(=O)O[C@H]1[C@H](OC(C)=O)[C@H](I)C(O)O[C@H]1C. The lowest BCUT2D eigenvalue weighted by Crippen LogP contribution is -2.57. The molecule has 1 heterocycles. The first-order chi connectivity index (χ1) is 7.82. The second-order valence-corrected chi connectivity index (χ2v) is 5.26. The summed E-state index contributed by atoms with van der Waals surface area (Å²) >= 11 is 1.91. The maximum Gasteiger partial charge on any atom is 0.303 e. The minimum atomic E-state index is -1.05. The molecule has 1 unspecified atom stereocenters. The zero-order valence-corrected chi connectivity index (χ0v) is 11.9. The summed E-state index contributed by atoms with van der Waals surface area (Å²) in [6, 6.07) is 0. The van der Waals surface area contributed by atoms with Crippen LogP contribution < -0.4 is 0 Å². The maximum absolute atomic E-state index is 11.0. The smallest absolute Gasteiger partial charge is 0.303 e. The van der Waals surface area contributed by atoms with Gasteiger partial charge in [0.15, 0.2) is 18.5 Å². The highest BCUT2D eigenvalue weighted by Crippen LogP contribution is 2.29. The molecule has 1 fully saturated rings. The fourth-order valence-corrected chi connectivity index (χ4v) is 2.39. The van der Waals surface area contributed by atoms with Gasteiger partial charge in [-0.05, 0) is 6.92 Å². The molecule has 6 nitrogen and oxygen atoms in total. The molecule has 0 aromatic carbocycles. The van der Waals surface area contributed by atoms with Gasteiger partial charge in [-0.3, -0.25) is 9.59 Å². The molecule has 1 N–H and O–H groups in total. The predicted octanol–water partition coefficient (Wildman–Crippen LogP) is 0.390. The van der Waals surface area contributed by atoms with Gasteiger partial charge in [-0.1, -0.05) is 22.6 Å². The number of aliphatic hydroxyl groups is 1. The summed E-state index contributed by atoms with van der Waals surface area (Å²) in [5, 5.41) is 9.62. The van der Waals surface area contributed by atoms with Crippen LogP contribution in [0, 0.1) is 0 Å². The number of hydrogen-bond acceptors (Lipinski definition) is 6. The fraction of sp³-hybridized carbons (Fsp3) is 0.800. The lowest BCUT2D eigenvalue weighted by Gasteiger charge is -2.40. The molecule has 1 aliphatic rings. The highest BCUT2D eigenvalue weighted by molar-refractivity contribution is 14.1. The third-order valence-corrected chi connectivity index (χ3v) is 3.65. The van der Waals surface area contributed by atoms with E-state index in [-0.39, 0.29) is 0 Å². The number of halogens is 1. The molecule has 1 saturated heterocycles. The number of rotatable bonds is 2. The van der Waals surface area contributed by atoms with Crippen LogP contribution in [0.2, 0.25) is 0 Å². The van der Waals surface area contributed by atoms with Crippen molar-refractivity contribution >= 4 is 34.5 Å². The van der Waals surface area contributed by atoms with Crippen molar-refractivity contribution in [3.8, 4) is 0 Å². The van der Waals surface area contributed by atoms with Crippen molar-refractivity contribution in [2.24, 2.45) is 0 Å². The van der Waals surface area contributed by atoms with E-state index in [1.165, 1.54) is 13.8 Å². The minimum absolute atomic E-state index is 0.484. The molecule has 7 heteroatoms. The summed E-state index contributed by atoms with van der Waals surface area (Å²) in [7, 11) is 0. The molecule has 0 radical (unpaired) electrons. The van der Waals surface area contributed by atoms with Crippen molar-refractivity contribution in [1.82, 2.24) is 0 Å². The average Bonchev–Trinajstić information content (AvgIpc) is 2.19. The molecule has 1 rings (SSSR count). The van der Waals surface area contributed by atoms with Gasteiger partial charge in [-0.2, -0.15) is 0 Å². The van der Waals surface area contributed by atoms with E-state index < -0.39 is 40.5 Å². The third kappa shape index (κ3) is 3.78. The molecule has 0 amide bonds. The van der Waals surface area contributed by atoms with Crippen LogP contribution in [0.4, 0.5) is 0 Å². The summed E-state index contributed by atoms with van der Waals surface area (Å²) < 4.78 is 14.9. The molecular weight excluding hydrogens is 343 g/mol. The second kappa shape index (κ2) is 5.96. The monoisotopic (exact) mass is 358 g/mol. The van der Waals surface area contributed by atoms with Crippen LogP contribution in [0.1, 0.15) is 20.8 Å². The number of aliphatic hydroxyl groups excluding tert-OH is 1. The minimum Gasteiger partial charge on any atom is -0.457 e. The number of carbonyl (C=O) groups excluding carboxylic acids is 2. The van der Waals surface area contributed by atoms with E-state index in [1.54, 1.807) is 6.92 Å². The van der Waals surface area contributed by atoms with Crippen LogP contribution in [-0.4, -0.2) is 45.6 Å². The Morgan fingerprint density at radius 2 is 1.65 bits per heavy atom. The topological polar surface area (TPSA) is 82.1 Å².